The third-order valence-electron chi connectivity index (χ3n) is 5.03. The molecule has 2 aromatic rings. The van der Waals surface area contributed by atoms with Crippen molar-refractivity contribution >= 4 is 17.2 Å². The molecular formula is C18H20N2OS. The van der Waals surface area contributed by atoms with Gasteiger partial charge in [0.1, 0.15) is 5.01 Å². The maximum Gasteiger partial charge on any atom is 0.224 e. The Morgan fingerprint density at radius 1 is 1.27 bits per heavy atom. The Bertz CT molecular complexity index is 671. The SMILES string of the molecule is CC(NC(=O)C1C2CCCC21)c1nc(-c2ccccc2)cs1. The molecule has 22 heavy (non-hydrogen) atoms. The minimum atomic E-state index is -0.00344. The molecule has 2 aliphatic carbocycles. The average molecular weight is 312 g/mol. The summed E-state index contributed by atoms with van der Waals surface area (Å²) in [5.41, 5.74) is 2.12. The molecule has 0 saturated heterocycles. The van der Waals surface area contributed by atoms with Crippen LogP contribution < -0.4 is 5.32 Å². The number of rotatable bonds is 4. The van der Waals surface area contributed by atoms with Gasteiger partial charge in [0.15, 0.2) is 0 Å². The Morgan fingerprint density at radius 3 is 2.73 bits per heavy atom. The van der Waals surface area contributed by atoms with Gasteiger partial charge in [-0.2, -0.15) is 0 Å². The molecule has 1 heterocycles. The number of benzene rings is 1. The summed E-state index contributed by atoms with van der Waals surface area (Å²) < 4.78 is 0. The molecule has 0 aliphatic heterocycles. The first-order valence-electron chi connectivity index (χ1n) is 8.05. The summed E-state index contributed by atoms with van der Waals surface area (Å²) in [7, 11) is 0. The van der Waals surface area contributed by atoms with Crippen LogP contribution in [-0.2, 0) is 4.79 Å². The molecule has 1 N–H and O–H groups in total. The van der Waals surface area contributed by atoms with Crippen LogP contribution in [0.2, 0.25) is 0 Å². The molecule has 3 nitrogen and oxygen atoms in total. The summed E-state index contributed by atoms with van der Waals surface area (Å²) in [6.45, 7) is 2.03. The van der Waals surface area contributed by atoms with Gasteiger partial charge in [0, 0.05) is 16.9 Å². The van der Waals surface area contributed by atoms with Crippen molar-refractivity contribution < 1.29 is 4.79 Å². The minimum Gasteiger partial charge on any atom is -0.347 e. The largest absolute Gasteiger partial charge is 0.347 e. The average Bonchev–Trinajstić information content (AvgIpc) is 2.95. The number of nitrogens with zero attached hydrogens (tertiary/aromatic N) is 1. The first-order valence-corrected chi connectivity index (χ1v) is 8.93. The quantitative estimate of drug-likeness (QED) is 0.926. The lowest BCUT2D eigenvalue weighted by atomic mass is 10.1. The lowest BCUT2D eigenvalue weighted by molar-refractivity contribution is -0.123. The summed E-state index contributed by atoms with van der Waals surface area (Å²) in [5, 5.41) is 6.21. The van der Waals surface area contributed by atoms with Crippen LogP contribution >= 0.6 is 11.3 Å². The number of hydrogen-bond donors (Lipinski definition) is 1. The summed E-state index contributed by atoms with van der Waals surface area (Å²) in [5.74, 6) is 1.86. The van der Waals surface area contributed by atoms with E-state index in [4.69, 9.17) is 0 Å². The van der Waals surface area contributed by atoms with Crippen LogP contribution in [0, 0.1) is 17.8 Å². The van der Waals surface area contributed by atoms with E-state index in [0.717, 1.165) is 16.3 Å². The highest BCUT2D eigenvalue weighted by Crippen LogP contribution is 2.57. The number of hydrogen-bond acceptors (Lipinski definition) is 3. The van der Waals surface area contributed by atoms with Crippen LogP contribution in [0.4, 0.5) is 0 Å². The van der Waals surface area contributed by atoms with Crippen molar-refractivity contribution in [3.63, 3.8) is 0 Å². The second-order valence-electron chi connectivity index (χ2n) is 6.45. The molecule has 114 valence electrons. The lowest BCUT2D eigenvalue weighted by Crippen LogP contribution is -2.29. The number of aromatic nitrogens is 1. The van der Waals surface area contributed by atoms with Crippen molar-refractivity contribution in [3.05, 3.63) is 40.7 Å². The first-order chi connectivity index (χ1) is 10.7. The molecule has 0 radical (unpaired) electrons. The maximum atomic E-state index is 12.3. The van der Waals surface area contributed by atoms with E-state index in [9.17, 15) is 4.79 Å². The van der Waals surface area contributed by atoms with Crippen molar-refractivity contribution in [1.82, 2.24) is 10.3 Å². The molecule has 0 spiro atoms. The summed E-state index contributed by atoms with van der Waals surface area (Å²) in [6.07, 6.45) is 3.79. The number of fused-ring (bicyclic) bond motifs is 1. The third-order valence-corrected chi connectivity index (χ3v) is 6.06. The van der Waals surface area contributed by atoms with Crippen LogP contribution in [-0.4, -0.2) is 10.9 Å². The van der Waals surface area contributed by atoms with E-state index >= 15 is 0 Å². The highest BCUT2D eigenvalue weighted by Gasteiger charge is 2.56. The Balaban J connectivity index is 1.42. The monoisotopic (exact) mass is 312 g/mol. The third kappa shape index (κ3) is 2.45. The van der Waals surface area contributed by atoms with Gasteiger partial charge in [-0.15, -0.1) is 11.3 Å². The van der Waals surface area contributed by atoms with E-state index in [2.05, 4.69) is 27.8 Å². The number of carbonyl (C=O) groups is 1. The summed E-state index contributed by atoms with van der Waals surface area (Å²) >= 11 is 1.62. The zero-order valence-electron chi connectivity index (χ0n) is 12.7. The molecule has 1 aromatic carbocycles. The summed E-state index contributed by atoms with van der Waals surface area (Å²) in [6, 6.07) is 10.2. The fourth-order valence-electron chi connectivity index (χ4n) is 3.81. The number of carbonyl (C=O) groups excluding carboxylic acids is 1. The van der Waals surface area contributed by atoms with Crippen LogP contribution in [0.25, 0.3) is 11.3 Å². The molecular weight excluding hydrogens is 292 g/mol. The second kappa shape index (κ2) is 5.51. The molecule has 2 aliphatic rings. The van der Waals surface area contributed by atoms with E-state index in [1.165, 1.54) is 19.3 Å². The smallest absolute Gasteiger partial charge is 0.224 e. The normalized spacial score (nSPS) is 27.2. The number of amides is 1. The molecule has 2 saturated carbocycles. The van der Waals surface area contributed by atoms with Crippen LogP contribution in [0.3, 0.4) is 0 Å². The van der Waals surface area contributed by atoms with Crippen molar-refractivity contribution in [1.29, 1.82) is 0 Å². The fraction of sp³-hybridized carbons (Fsp3) is 0.444. The van der Waals surface area contributed by atoms with Gasteiger partial charge in [0.25, 0.3) is 0 Å². The predicted octanol–water partition coefficient (Wildman–Crippen LogP) is 4.03. The Labute approximate surface area is 134 Å². The van der Waals surface area contributed by atoms with Gasteiger partial charge < -0.3 is 5.32 Å². The Hall–Kier alpha value is -1.68. The number of thiazole rings is 1. The molecule has 1 aromatic heterocycles. The van der Waals surface area contributed by atoms with Gasteiger partial charge in [-0.05, 0) is 31.6 Å². The molecule has 4 heteroatoms. The second-order valence-corrected chi connectivity index (χ2v) is 7.34. The van der Waals surface area contributed by atoms with Gasteiger partial charge in [-0.25, -0.2) is 4.98 Å². The molecule has 3 atom stereocenters. The molecule has 3 unspecified atom stereocenters. The molecule has 1 amide bonds. The van der Waals surface area contributed by atoms with Crippen molar-refractivity contribution in [2.24, 2.45) is 17.8 Å². The molecule has 4 rings (SSSR count). The van der Waals surface area contributed by atoms with Gasteiger partial charge in [-0.1, -0.05) is 36.8 Å². The minimum absolute atomic E-state index is 0.00344. The predicted molar refractivity (Wildman–Crippen MR) is 88.4 cm³/mol. The highest BCUT2D eigenvalue weighted by molar-refractivity contribution is 7.10. The first kappa shape index (κ1) is 13.9. The van der Waals surface area contributed by atoms with Crippen LogP contribution in [0.1, 0.15) is 37.2 Å². The van der Waals surface area contributed by atoms with E-state index in [0.29, 0.717) is 11.8 Å². The Morgan fingerprint density at radius 2 is 2.00 bits per heavy atom. The van der Waals surface area contributed by atoms with Crippen LogP contribution in [0.5, 0.6) is 0 Å². The highest BCUT2D eigenvalue weighted by atomic mass is 32.1. The van der Waals surface area contributed by atoms with Crippen molar-refractivity contribution in [3.8, 4) is 11.3 Å². The zero-order chi connectivity index (χ0) is 15.1. The van der Waals surface area contributed by atoms with Gasteiger partial charge in [-0.3, -0.25) is 4.79 Å². The maximum absolute atomic E-state index is 12.3. The van der Waals surface area contributed by atoms with Crippen molar-refractivity contribution in [2.45, 2.75) is 32.2 Å². The standard InChI is InChI=1S/C18H20N2OS/c1-11(19-17(21)16-13-8-5-9-14(13)16)18-20-15(10-22-18)12-6-3-2-4-7-12/h2-4,6-7,10-11,13-14,16H,5,8-9H2,1H3,(H,19,21). The number of nitrogens with one attached hydrogen (secondary N) is 1. The topological polar surface area (TPSA) is 42.0 Å². The Kier molecular flexibility index (Phi) is 3.49. The van der Waals surface area contributed by atoms with E-state index < -0.39 is 0 Å². The zero-order valence-corrected chi connectivity index (χ0v) is 13.5. The lowest BCUT2D eigenvalue weighted by Gasteiger charge is -2.12. The van der Waals surface area contributed by atoms with Gasteiger partial charge in [0.2, 0.25) is 5.91 Å². The fourth-order valence-corrected chi connectivity index (χ4v) is 4.65. The van der Waals surface area contributed by atoms with E-state index in [1.807, 2.05) is 25.1 Å². The van der Waals surface area contributed by atoms with Crippen molar-refractivity contribution in [2.75, 3.05) is 0 Å². The van der Waals surface area contributed by atoms with E-state index in [-0.39, 0.29) is 17.9 Å². The van der Waals surface area contributed by atoms with Gasteiger partial charge in [0.05, 0.1) is 11.7 Å². The van der Waals surface area contributed by atoms with E-state index in [1.54, 1.807) is 11.3 Å². The molecule has 2 fully saturated rings. The summed E-state index contributed by atoms with van der Waals surface area (Å²) in [4.78, 5) is 17.0. The molecule has 0 bridgehead atoms. The van der Waals surface area contributed by atoms with Crippen LogP contribution in [0.15, 0.2) is 35.7 Å². The van der Waals surface area contributed by atoms with Gasteiger partial charge >= 0.3 is 0 Å².